The lowest BCUT2D eigenvalue weighted by molar-refractivity contribution is 0.0925. The Kier molecular flexibility index (Phi) is 5.85. The normalized spacial score (nSPS) is 13.5. The molecule has 0 fully saturated rings. The van der Waals surface area contributed by atoms with Gasteiger partial charge in [0, 0.05) is 29.1 Å². The summed E-state index contributed by atoms with van der Waals surface area (Å²) < 4.78 is 13.3. The van der Waals surface area contributed by atoms with Crippen LogP contribution in [0.4, 0.5) is 4.39 Å². The maximum absolute atomic E-state index is 13.3. The van der Waals surface area contributed by atoms with Gasteiger partial charge in [-0.3, -0.25) is 4.79 Å². The zero-order valence-corrected chi connectivity index (χ0v) is 14.8. The first-order valence-electron chi connectivity index (χ1n) is 8.79. The molecule has 0 spiro atoms. The highest BCUT2D eigenvalue weighted by molar-refractivity contribution is 6.09. The van der Waals surface area contributed by atoms with E-state index in [1.807, 2.05) is 24.3 Å². The van der Waals surface area contributed by atoms with E-state index >= 15 is 0 Å². The highest BCUT2D eigenvalue weighted by Gasteiger charge is 2.21. The minimum absolute atomic E-state index is 0.109. The Labute approximate surface area is 156 Å². The van der Waals surface area contributed by atoms with Crippen molar-refractivity contribution in [2.75, 3.05) is 13.1 Å². The maximum Gasteiger partial charge on any atom is 0.268 e. The van der Waals surface area contributed by atoms with Crippen molar-refractivity contribution in [1.82, 2.24) is 10.3 Å². The van der Waals surface area contributed by atoms with Crippen LogP contribution in [0.5, 0.6) is 0 Å². The summed E-state index contributed by atoms with van der Waals surface area (Å²) >= 11 is 0. The van der Waals surface area contributed by atoms with E-state index in [4.69, 9.17) is 11.5 Å². The number of nitrogens with two attached hydrogens (primary N) is 2. The Balaban J connectivity index is 1.90. The van der Waals surface area contributed by atoms with Crippen molar-refractivity contribution in [3.63, 3.8) is 0 Å². The average molecular weight is 370 g/mol. The molecule has 6 nitrogen and oxygen atoms in total. The van der Waals surface area contributed by atoms with Crippen LogP contribution in [-0.2, 0) is 0 Å². The SMILES string of the molecule is NCC[C@@H](O)[C@@H](N)CNC(=O)c1[nH]c2ccccc2c1-c1ccc(F)cc1. The summed E-state index contributed by atoms with van der Waals surface area (Å²) in [6.07, 6.45) is -0.417. The lowest BCUT2D eigenvalue weighted by Crippen LogP contribution is -2.45. The lowest BCUT2D eigenvalue weighted by Gasteiger charge is -2.18. The number of nitrogens with one attached hydrogen (secondary N) is 2. The number of H-pyrrole nitrogens is 1. The van der Waals surface area contributed by atoms with Crippen LogP contribution in [0.2, 0.25) is 0 Å². The molecular formula is C20H23FN4O2. The Morgan fingerprint density at radius 1 is 1.19 bits per heavy atom. The van der Waals surface area contributed by atoms with E-state index in [0.717, 1.165) is 16.5 Å². The minimum Gasteiger partial charge on any atom is -0.391 e. The van der Waals surface area contributed by atoms with Crippen LogP contribution in [0.15, 0.2) is 48.5 Å². The molecule has 0 saturated heterocycles. The van der Waals surface area contributed by atoms with Crippen LogP contribution >= 0.6 is 0 Å². The molecule has 0 aliphatic rings. The van der Waals surface area contributed by atoms with Gasteiger partial charge in [-0.2, -0.15) is 0 Å². The second-order valence-electron chi connectivity index (χ2n) is 6.45. The number of aliphatic hydroxyl groups excluding tert-OH is 1. The van der Waals surface area contributed by atoms with Gasteiger partial charge >= 0.3 is 0 Å². The summed E-state index contributed by atoms with van der Waals surface area (Å²) in [4.78, 5) is 15.9. The van der Waals surface area contributed by atoms with Gasteiger partial charge in [0.2, 0.25) is 0 Å². The van der Waals surface area contributed by atoms with Crippen molar-refractivity contribution in [1.29, 1.82) is 0 Å². The molecule has 2 aromatic carbocycles. The summed E-state index contributed by atoms with van der Waals surface area (Å²) in [6.45, 7) is 0.428. The number of para-hydroxylation sites is 1. The van der Waals surface area contributed by atoms with Crippen LogP contribution in [0.3, 0.4) is 0 Å². The number of amides is 1. The second kappa shape index (κ2) is 8.30. The fourth-order valence-electron chi connectivity index (χ4n) is 3.05. The fourth-order valence-corrected chi connectivity index (χ4v) is 3.05. The summed E-state index contributed by atoms with van der Waals surface area (Å²) in [5, 5.41) is 13.5. The summed E-state index contributed by atoms with van der Waals surface area (Å²) in [5.74, 6) is -0.689. The molecule has 7 heteroatoms. The van der Waals surface area contributed by atoms with Gasteiger partial charge < -0.3 is 26.9 Å². The van der Waals surface area contributed by atoms with Crippen LogP contribution < -0.4 is 16.8 Å². The number of fused-ring (bicyclic) bond motifs is 1. The number of carbonyl (C=O) groups excluding carboxylic acids is 1. The first kappa shape index (κ1) is 19.0. The predicted octanol–water partition coefficient (Wildman–Crippen LogP) is 1.74. The third kappa shape index (κ3) is 4.16. The zero-order chi connectivity index (χ0) is 19.4. The lowest BCUT2D eigenvalue weighted by atomic mass is 10.0. The summed E-state index contributed by atoms with van der Waals surface area (Å²) in [5.41, 5.74) is 13.9. The summed E-state index contributed by atoms with van der Waals surface area (Å²) in [7, 11) is 0. The first-order chi connectivity index (χ1) is 13.0. The highest BCUT2D eigenvalue weighted by atomic mass is 19.1. The van der Waals surface area contributed by atoms with Gasteiger partial charge in [-0.25, -0.2) is 4.39 Å². The van der Waals surface area contributed by atoms with Crippen molar-refractivity contribution < 1.29 is 14.3 Å². The van der Waals surface area contributed by atoms with E-state index in [2.05, 4.69) is 10.3 Å². The molecule has 7 N–H and O–H groups in total. The molecule has 142 valence electrons. The number of hydrogen-bond acceptors (Lipinski definition) is 4. The number of benzene rings is 2. The van der Waals surface area contributed by atoms with Crippen LogP contribution in [0.25, 0.3) is 22.0 Å². The van der Waals surface area contributed by atoms with Crippen molar-refractivity contribution in [2.24, 2.45) is 11.5 Å². The molecule has 1 aromatic heterocycles. The number of rotatable bonds is 7. The monoisotopic (exact) mass is 370 g/mol. The van der Waals surface area contributed by atoms with E-state index in [1.54, 1.807) is 12.1 Å². The molecule has 0 aliphatic heterocycles. The Hall–Kier alpha value is -2.74. The fraction of sp³-hybridized carbons (Fsp3) is 0.250. The third-order valence-electron chi connectivity index (χ3n) is 4.52. The van der Waals surface area contributed by atoms with Gasteiger partial charge in [0.25, 0.3) is 5.91 Å². The van der Waals surface area contributed by atoms with Crippen molar-refractivity contribution in [3.8, 4) is 11.1 Å². The molecule has 0 aliphatic carbocycles. The molecule has 3 aromatic rings. The summed E-state index contributed by atoms with van der Waals surface area (Å²) in [6, 6.07) is 12.9. The number of aromatic nitrogens is 1. The largest absolute Gasteiger partial charge is 0.391 e. The van der Waals surface area contributed by atoms with Gasteiger partial charge in [-0.15, -0.1) is 0 Å². The molecule has 0 bridgehead atoms. The topological polar surface area (TPSA) is 117 Å². The van der Waals surface area contributed by atoms with Gasteiger partial charge in [0.15, 0.2) is 0 Å². The molecule has 3 rings (SSSR count). The van der Waals surface area contributed by atoms with E-state index in [0.29, 0.717) is 24.2 Å². The standard InChI is InChI=1S/C20H23FN4O2/c21-13-7-5-12(6-8-13)18-14-3-1-2-4-16(14)25-19(18)20(27)24-11-15(23)17(26)9-10-22/h1-8,15,17,25-26H,9-11,22-23H2,(H,24,27)/t15-,17+/m0/s1. The molecular weight excluding hydrogens is 347 g/mol. The molecule has 0 unspecified atom stereocenters. The Morgan fingerprint density at radius 2 is 1.89 bits per heavy atom. The van der Waals surface area contributed by atoms with Crippen LogP contribution in [0, 0.1) is 5.82 Å². The Morgan fingerprint density at radius 3 is 2.59 bits per heavy atom. The van der Waals surface area contributed by atoms with Crippen molar-refractivity contribution >= 4 is 16.8 Å². The first-order valence-corrected chi connectivity index (χ1v) is 8.79. The maximum atomic E-state index is 13.3. The number of carbonyl (C=O) groups is 1. The molecule has 1 amide bonds. The number of hydrogen-bond donors (Lipinski definition) is 5. The van der Waals surface area contributed by atoms with Crippen LogP contribution in [0.1, 0.15) is 16.9 Å². The number of aromatic amines is 1. The second-order valence-corrected chi connectivity index (χ2v) is 6.45. The Bertz CT molecular complexity index is 923. The van der Waals surface area contributed by atoms with E-state index in [1.165, 1.54) is 12.1 Å². The number of halogens is 1. The van der Waals surface area contributed by atoms with Gasteiger partial charge in [-0.1, -0.05) is 30.3 Å². The van der Waals surface area contributed by atoms with Gasteiger partial charge in [0.1, 0.15) is 11.5 Å². The third-order valence-corrected chi connectivity index (χ3v) is 4.52. The molecule has 0 saturated carbocycles. The predicted molar refractivity (Wildman–Crippen MR) is 104 cm³/mol. The van der Waals surface area contributed by atoms with E-state index in [-0.39, 0.29) is 18.3 Å². The molecule has 0 radical (unpaired) electrons. The van der Waals surface area contributed by atoms with Crippen molar-refractivity contribution in [3.05, 3.63) is 60.0 Å². The quantitative estimate of drug-likeness (QED) is 0.435. The van der Waals surface area contributed by atoms with E-state index in [9.17, 15) is 14.3 Å². The van der Waals surface area contributed by atoms with E-state index < -0.39 is 12.1 Å². The smallest absolute Gasteiger partial charge is 0.268 e. The highest BCUT2D eigenvalue weighted by Crippen LogP contribution is 2.32. The minimum atomic E-state index is -0.783. The average Bonchev–Trinajstić information content (AvgIpc) is 3.06. The van der Waals surface area contributed by atoms with Crippen molar-refractivity contribution in [2.45, 2.75) is 18.6 Å². The molecule has 2 atom stereocenters. The molecule has 27 heavy (non-hydrogen) atoms. The molecule has 1 heterocycles. The van der Waals surface area contributed by atoms with Crippen LogP contribution in [-0.4, -0.2) is 41.2 Å². The van der Waals surface area contributed by atoms with Gasteiger partial charge in [-0.05, 0) is 36.7 Å². The zero-order valence-electron chi connectivity index (χ0n) is 14.8. The number of aliphatic hydroxyl groups is 1. The van der Waals surface area contributed by atoms with Gasteiger partial charge in [0.05, 0.1) is 6.10 Å².